The van der Waals surface area contributed by atoms with Gasteiger partial charge in [-0.25, -0.2) is 4.79 Å². The molecular weight excluding hydrogens is 361 g/mol. The Labute approximate surface area is 157 Å². The fourth-order valence-corrected chi connectivity index (χ4v) is 2.86. The average molecular weight is 380 g/mol. The number of ether oxygens (including phenoxy) is 1. The summed E-state index contributed by atoms with van der Waals surface area (Å²) in [5.74, 6) is -1.08. The molecule has 0 fully saturated rings. The second kappa shape index (κ2) is 9.44. The van der Waals surface area contributed by atoms with Crippen LogP contribution < -0.4 is 5.32 Å². The Morgan fingerprint density at radius 3 is 2.32 bits per heavy atom. The van der Waals surface area contributed by atoms with Gasteiger partial charge in [0.15, 0.2) is 6.61 Å². The summed E-state index contributed by atoms with van der Waals surface area (Å²) in [6, 6.07) is 14.7. The largest absolute Gasteiger partial charge is 0.452 e. The zero-order chi connectivity index (χ0) is 18.2. The molecule has 0 radical (unpaired) electrons. The highest BCUT2D eigenvalue weighted by molar-refractivity contribution is 6.39. The quantitative estimate of drug-likeness (QED) is 0.730. The third-order valence-corrected chi connectivity index (χ3v) is 4.25. The van der Waals surface area contributed by atoms with Gasteiger partial charge < -0.3 is 10.1 Å². The topological polar surface area (TPSA) is 55.4 Å². The summed E-state index contributed by atoms with van der Waals surface area (Å²) < 4.78 is 5.00. The van der Waals surface area contributed by atoms with Gasteiger partial charge in [0, 0.05) is 6.04 Å². The molecule has 2 rings (SSSR count). The first-order valence-electron chi connectivity index (χ1n) is 7.92. The van der Waals surface area contributed by atoms with E-state index in [2.05, 4.69) is 5.32 Å². The van der Waals surface area contributed by atoms with Crippen LogP contribution >= 0.6 is 23.2 Å². The molecule has 0 aromatic heterocycles. The van der Waals surface area contributed by atoms with Crippen LogP contribution in [0.1, 0.15) is 29.3 Å². The molecule has 132 valence electrons. The van der Waals surface area contributed by atoms with E-state index in [9.17, 15) is 9.59 Å². The molecule has 1 atom stereocenters. The maximum Gasteiger partial charge on any atom is 0.341 e. The van der Waals surface area contributed by atoms with Gasteiger partial charge in [0.25, 0.3) is 5.91 Å². The predicted octanol–water partition coefficient (Wildman–Crippen LogP) is 4.29. The van der Waals surface area contributed by atoms with Gasteiger partial charge >= 0.3 is 5.97 Å². The first-order chi connectivity index (χ1) is 12.0. The van der Waals surface area contributed by atoms with E-state index in [1.54, 1.807) is 6.07 Å². The predicted molar refractivity (Wildman–Crippen MR) is 99.1 cm³/mol. The van der Waals surface area contributed by atoms with E-state index in [-0.39, 0.29) is 34.2 Å². The van der Waals surface area contributed by atoms with Gasteiger partial charge in [-0.15, -0.1) is 0 Å². The minimum atomic E-state index is -0.720. The normalized spacial score (nSPS) is 11.6. The molecule has 2 aromatic rings. The lowest BCUT2D eigenvalue weighted by Gasteiger charge is -2.14. The van der Waals surface area contributed by atoms with E-state index >= 15 is 0 Å². The zero-order valence-electron chi connectivity index (χ0n) is 13.8. The molecule has 0 bridgehead atoms. The first-order valence-corrected chi connectivity index (χ1v) is 8.67. The molecule has 0 saturated heterocycles. The third kappa shape index (κ3) is 6.07. The Hall–Kier alpha value is -2.04. The number of hydrogen-bond acceptors (Lipinski definition) is 3. The number of aryl methyl sites for hydroxylation is 1. The molecule has 0 aliphatic rings. The van der Waals surface area contributed by atoms with Crippen molar-refractivity contribution in [2.45, 2.75) is 25.8 Å². The molecule has 2 aromatic carbocycles. The van der Waals surface area contributed by atoms with Crippen molar-refractivity contribution in [2.24, 2.45) is 0 Å². The first kappa shape index (κ1) is 19.3. The van der Waals surface area contributed by atoms with Gasteiger partial charge in [-0.1, -0.05) is 59.6 Å². The maximum atomic E-state index is 12.0. The van der Waals surface area contributed by atoms with Crippen LogP contribution in [0.15, 0.2) is 48.5 Å². The molecule has 1 N–H and O–H groups in total. The summed E-state index contributed by atoms with van der Waals surface area (Å²) in [7, 11) is 0. The SMILES string of the molecule is CC(CCc1ccccc1)NC(=O)COC(=O)c1c(Cl)cccc1Cl. The van der Waals surface area contributed by atoms with E-state index in [4.69, 9.17) is 27.9 Å². The number of rotatable bonds is 7. The molecule has 0 aliphatic heterocycles. The molecule has 6 heteroatoms. The fourth-order valence-electron chi connectivity index (χ4n) is 2.31. The highest BCUT2D eigenvalue weighted by Gasteiger charge is 2.17. The highest BCUT2D eigenvalue weighted by Crippen LogP contribution is 2.24. The number of benzene rings is 2. The van der Waals surface area contributed by atoms with Crippen molar-refractivity contribution in [3.63, 3.8) is 0 Å². The molecule has 0 aliphatic carbocycles. The minimum Gasteiger partial charge on any atom is -0.452 e. The maximum absolute atomic E-state index is 12.0. The van der Waals surface area contributed by atoms with Gasteiger partial charge in [0.05, 0.1) is 15.6 Å². The van der Waals surface area contributed by atoms with Crippen molar-refractivity contribution in [3.05, 3.63) is 69.7 Å². The van der Waals surface area contributed by atoms with E-state index in [0.717, 1.165) is 12.8 Å². The standard InChI is InChI=1S/C19H19Cl2NO3/c1-13(10-11-14-6-3-2-4-7-14)22-17(23)12-25-19(24)18-15(20)8-5-9-16(18)21/h2-9,13H,10-12H2,1H3,(H,22,23). The molecule has 0 spiro atoms. The molecule has 4 nitrogen and oxygen atoms in total. The van der Waals surface area contributed by atoms with Crippen LogP contribution in [-0.2, 0) is 16.0 Å². The van der Waals surface area contributed by atoms with Gasteiger partial charge in [-0.2, -0.15) is 0 Å². The fraction of sp³-hybridized carbons (Fsp3) is 0.263. The Balaban J connectivity index is 1.77. The summed E-state index contributed by atoms with van der Waals surface area (Å²) in [6.45, 7) is 1.53. The van der Waals surface area contributed by atoms with Crippen molar-refractivity contribution >= 4 is 35.1 Å². The monoisotopic (exact) mass is 379 g/mol. The van der Waals surface area contributed by atoms with Gasteiger partial charge in [-0.3, -0.25) is 4.79 Å². The van der Waals surface area contributed by atoms with Crippen LogP contribution in [0.5, 0.6) is 0 Å². The summed E-state index contributed by atoms with van der Waals surface area (Å²) in [5.41, 5.74) is 1.28. The molecule has 25 heavy (non-hydrogen) atoms. The zero-order valence-corrected chi connectivity index (χ0v) is 15.3. The number of carbonyl (C=O) groups excluding carboxylic acids is 2. The molecule has 0 saturated carbocycles. The van der Waals surface area contributed by atoms with E-state index in [0.29, 0.717) is 0 Å². The van der Waals surface area contributed by atoms with Gasteiger partial charge in [0.1, 0.15) is 0 Å². The van der Waals surface area contributed by atoms with Crippen molar-refractivity contribution in [1.29, 1.82) is 0 Å². The third-order valence-electron chi connectivity index (χ3n) is 3.62. The van der Waals surface area contributed by atoms with Gasteiger partial charge in [-0.05, 0) is 37.5 Å². The van der Waals surface area contributed by atoms with E-state index in [1.807, 2.05) is 37.3 Å². The summed E-state index contributed by atoms with van der Waals surface area (Å²) in [6.07, 6.45) is 1.65. The van der Waals surface area contributed by atoms with Crippen molar-refractivity contribution in [1.82, 2.24) is 5.32 Å². The highest BCUT2D eigenvalue weighted by atomic mass is 35.5. The number of hydrogen-bond donors (Lipinski definition) is 1. The lowest BCUT2D eigenvalue weighted by atomic mass is 10.1. The Morgan fingerprint density at radius 2 is 1.68 bits per heavy atom. The van der Waals surface area contributed by atoms with Crippen LogP contribution in [0.3, 0.4) is 0 Å². The molecule has 1 unspecified atom stereocenters. The molecule has 1 amide bonds. The Kier molecular flexibility index (Phi) is 7.29. The number of nitrogens with one attached hydrogen (secondary N) is 1. The van der Waals surface area contributed by atoms with Crippen LogP contribution in [0, 0.1) is 0 Å². The number of carbonyl (C=O) groups is 2. The van der Waals surface area contributed by atoms with Crippen LogP contribution in [0.2, 0.25) is 10.0 Å². The second-order valence-electron chi connectivity index (χ2n) is 5.67. The number of amides is 1. The lowest BCUT2D eigenvalue weighted by Crippen LogP contribution is -2.36. The van der Waals surface area contributed by atoms with E-state index < -0.39 is 5.97 Å². The van der Waals surface area contributed by atoms with Gasteiger partial charge in [0.2, 0.25) is 0 Å². The smallest absolute Gasteiger partial charge is 0.341 e. The van der Waals surface area contributed by atoms with Crippen LogP contribution in [0.4, 0.5) is 0 Å². The second-order valence-corrected chi connectivity index (χ2v) is 6.48. The summed E-state index contributed by atoms with van der Waals surface area (Å²) >= 11 is 11.9. The minimum absolute atomic E-state index is 0.0321. The van der Waals surface area contributed by atoms with Crippen molar-refractivity contribution < 1.29 is 14.3 Å². The Bertz CT molecular complexity index is 714. The summed E-state index contributed by atoms with van der Waals surface area (Å²) in [5, 5.41) is 3.18. The van der Waals surface area contributed by atoms with Crippen LogP contribution in [0.25, 0.3) is 0 Å². The van der Waals surface area contributed by atoms with Crippen LogP contribution in [-0.4, -0.2) is 24.5 Å². The van der Waals surface area contributed by atoms with E-state index in [1.165, 1.54) is 17.7 Å². The number of esters is 1. The van der Waals surface area contributed by atoms with Crippen molar-refractivity contribution in [2.75, 3.05) is 6.61 Å². The molecular formula is C19H19Cl2NO3. The lowest BCUT2D eigenvalue weighted by molar-refractivity contribution is -0.124. The average Bonchev–Trinajstić information content (AvgIpc) is 2.59. The Morgan fingerprint density at radius 1 is 1.04 bits per heavy atom. The number of halogens is 2. The molecule has 0 heterocycles. The summed E-state index contributed by atoms with van der Waals surface area (Å²) in [4.78, 5) is 23.9. The van der Waals surface area contributed by atoms with Crippen molar-refractivity contribution in [3.8, 4) is 0 Å².